The molecule has 0 saturated carbocycles. The van der Waals surface area contributed by atoms with Gasteiger partial charge in [-0.25, -0.2) is 0 Å². The first-order chi connectivity index (χ1) is 9.69. The van der Waals surface area contributed by atoms with E-state index in [1.165, 1.54) is 25.9 Å². The standard InChI is InChI=1S/C16H21ClN2O/c1-2-12-13(4-3-5-14(12)17)16(20)18-15-10-19-8-6-11(15)7-9-19/h3-5,11,15H,2,6-10H2,1H3,(H,18,20). The van der Waals surface area contributed by atoms with Crippen LogP contribution in [0.5, 0.6) is 0 Å². The normalized spacial score (nSPS) is 28.4. The summed E-state index contributed by atoms with van der Waals surface area (Å²) in [4.78, 5) is 15.0. The number of carbonyl (C=O) groups excluding carboxylic acids is 1. The topological polar surface area (TPSA) is 32.3 Å². The first kappa shape index (κ1) is 13.9. The van der Waals surface area contributed by atoms with Gasteiger partial charge in [0.05, 0.1) is 0 Å². The van der Waals surface area contributed by atoms with E-state index < -0.39 is 0 Å². The Morgan fingerprint density at radius 3 is 2.75 bits per heavy atom. The van der Waals surface area contributed by atoms with Crippen molar-refractivity contribution in [2.45, 2.75) is 32.2 Å². The first-order valence-corrected chi connectivity index (χ1v) is 7.87. The molecule has 3 aliphatic rings. The van der Waals surface area contributed by atoms with Crippen molar-refractivity contribution in [3.63, 3.8) is 0 Å². The van der Waals surface area contributed by atoms with Gasteiger partial charge in [-0.1, -0.05) is 24.6 Å². The van der Waals surface area contributed by atoms with Crippen LogP contribution in [0, 0.1) is 5.92 Å². The summed E-state index contributed by atoms with van der Waals surface area (Å²) < 4.78 is 0. The summed E-state index contributed by atoms with van der Waals surface area (Å²) in [6.07, 6.45) is 3.20. The van der Waals surface area contributed by atoms with Gasteiger partial charge in [0.15, 0.2) is 0 Å². The Hall–Kier alpha value is -1.06. The number of benzene rings is 1. The van der Waals surface area contributed by atoms with Gasteiger partial charge in [-0.15, -0.1) is 0 Å². The Labute approximate surface area is 125 Å². The summed E-state index contributed by atoms with van der Waals surface area (Å²) in [6.45, 7) is 5.41. The van der Waals surface area contributed by atoms with E-state index in [9.17, 15) is 4.79 Å². The number of fused-ring (bicyclic) bond motifs is 3. The predicted molar refractivity (Wildman–Crippen MR) is 81.2 cm³/mol. The molecule has 0 aromatic heterocycles. The summed E-state index contributed by atoms with van der Waals surface area (Å²) in [7, 11) is 0. The van der Waals surface area contributed by atoms with Crippen LogP contribution in [0.25, 0.3) is 0 Å². The molecule has 0 radical (unpaired) electrons. The summed E-state index contributed by atoms with van der Waals surface area (Å²) in [5, 5.41) is 3.92. The summed E-state index contributed by atoms with van der Waals surface area (Å²) in [6, 6.07) is 5.88. The van der Waals surface area contributed by atoms with Gasteiger partial charge in [0.1, 0.15) is 0 Å². The molecule has 0 aliphatic carbocycles. The van der Waals surface area contributed by atoms with E-state index in [2.05, 4.69) is 10.2 Å². The van der Waals surface area contributed by atoms with Crippen molar-refractivity contribution >= 4 is 17.5 Å². The zero-order valence-corrected chi connectivity index (χ0v) is 12.6. The SMILES string of the molecule is CCc1c(Cl)cccc1C(=O)NC1CN2CCC1CC2. The van der Waals surface area contributed by atoms with Crippen molar-refractivity contribution < 1.29 is 4.79 Å². The highest BCUT2D eigenvalue weighted by Gasteiger charge is 2.35. The van der Waals surface area contributed by atoms with Gasteiger partial charge in [0, 0.05) is 23.2 Å². The molecule has 1 aromatic carbocycles. The van der Waals surface area contributed by atoms with Gasteiger partial charge in [-0.3, -0.25) is 4.79 Å². The van der Waals surface area contributed by atoms with Crippen LogP contribution in [0.2, 0.25) is 5.02 Å². The fourth-order valence-corrected chi connectivity index (χ4v) is 3.81. The molecular weight excluding hydrogens is 272 g/mol. The van der Waals surface area contributed by atoms with Gasteiger partial charge in [0.25, 0.3) is 5.91 Å². The van der Waals surface area contributed by atoms with Gasteiger partial charge in [-0.05, 0) is 56.0 Å². The maximum absolute atomic E-state index is 12.5. The molecule has 20 heavy (non-hydrogen) atoms. The Bertz CT molecular complexity index is 509. The molecular formula is C16H21ClN2O. The fraction of sp³-hybridized carbons (Fsp3) is 0.562. The molecule has 1 amide bonds. The second-order valence-electron chi connectivity index (χ2n) is 5.84. The molecule has 4 heteroatoms. The number of rotatable bonds is 3. The van der Waals surface area contributed by atoms with Crippen molar-refractivity contribution in [2.75, 3.05) is 19.6 Å². The molecule has 4 rings (SSSR count). The van der Waals surface area contributed by atoms with Gasteiger partial charge in [0.2, 0.25) is 0 Å². The van der Waals surface area contributed by atoms with E-state index in [0.29, 0.717) is 17.0 Å². The highest BCUT2D eigenvalue weighted by molar-refractivity contribution is 6.31. The number of halogens is 1. The van der Waals surface area contributed by atoms with E-state index >= 15 is 0 Å². The number of hydrogen-bond acceptors (Lipinski definition) is 2. The lowest BCUT2D eigenvalue weighted by atomic mass is 9.84. The number of piperidine rings is 3. The van der Waals surface area contributed by atoms with Crippen LogP contribution in [-0.4, -0.2) is 36.5 Å². The van der Waals surface area contributed by atoms with Crippen LogP contribution in [0.1, 0.15) is 35.7 Å². The van der Waals surface area contributed by atoms with Crippen LogP contribution in [0.15, 0.2) is 18.2 Å². The van der Waals surface area contributed by atoms with Crippen LogP contribution >= 0.6 is 11.6 Å². The van der Waals surface area contributed by atoms with Gasteiger partial charge in [-0.2, -0.15) is 0 Å². The molecule has 3 nitrogen and oxygen atoms in total. The average molecular weight is 293 g/mol. The van der Waals surface area contributed by atoms with Crippen molar-refractivity contribution in [3.05, 3.63) is 34.3 Å². The van der Waals surface area contributed by atoms with E-state index in [1.807, 2.05) is 25.1 Å². The maximum atomic E-state index is 12.5. The second kappa shape index (κ2) is 5.74. The summed E-state index contributed by atoms with van der Waals surface area (Å²) >= 11 is 6.19. The van der Waals surface area contributed by atoms with Crippen molar-refractivity contribution in [3.8, 4) is 0 Å². The quantitative estimate of drug-likeness (QED) is 0.929. The predicted octanol–water partition coefficient (Wildman–Crippen LogP) is 2.73. The zero-order valence-electron chi connectivity index (χ0n) is 11.9. The van der Waals surface area contributed by atoms with Crippen LogP contribution < -0.4 is 5.32 Å². The van der Waals surface area contributed by atoms with Crippen LogP contribution in [0.4, 0.5) is 0 Å². The highest BCUT2D eigenvalue weighted by atomic mass is 35.5. The maximum Gasteiger partial charge on any atom is 0.251 e. The van der Waals surface area contributed by atoms with E-state index in [4.69, 9.17) is 11.6 Å². The van der Waals surface area contributed by atoms with Crippen LogP contribution in [-0.2, 0) is 6.42 Å². The van der Waals surface area contributed by atoms with E-state index in [0.717, 1.165) is 24.1 Å². The molecule has 1 atom stereocenters. The lowest BCUT2D eigenvalue weighted by Gasteiger charge is -2.45. The third-order valence-electron chi connectivity index (χ3n) is 4.69. The minimum absolute atomic E-state index is 0.0306. The summed E-state index contributed by atoms with van der Waals surface area (Å²) in [5.74, 6) is 0.677. The highest BCUT2D eigenvalue weighted by Crippen LogP contribution is 2.28. The molecule has 3 heterocycles. The van der Waals surface area contributed by atoms with E-state index in [-0.39, 0.29) is 5.91 Å². The Kier molecular flexibility index (Phi) is 3.99. The zero-order chi connectivity index (χ0) is 14.1. The number of hydrogen-bond donors (Lipinski definition) is 1. The monoisotopic (exact) mass is 292 g/mol. The third-order valence-corrected chi connectivity index (χ3v) is 5.04. The molecule has 2 bridgehead atoms. The van der Waals surface area contributed by atoms with Gasteiger partial charge >= 0.3 is 0 Å². The third kappa shape index (κ3) is 2.57. The lowest BCUT2D eigenvalue weighted by Crippen LogP contribution is -2.57. The molecule has 1 aromatic rings. The first-order valence-electron chi connectivity index (χ1n) is 7.49. The lowest BCUT2D eigenvalue weighted by molar-refractivity contribution is 0.0620. The Morgan fingerprint density at radius 2 is 2.15 bits per heavy atom. The summed E-state index contributed by atoms with van der Waals surface area (Å²) in [5.41, 5.74) is 1.68. The number of carbonyl (C=O) groups is 1. The average Bonchev–Trinajstić information content (AvgIpc) is 2.48. The number of nitrogens with zero attached hydrogens (tertiary/aromatic N) is 1. The van der Waals surface area contributed by atoms with Crippen molar-refractivity contribution in [1.82, 2.24) is 10.2 Å². The molecule has 1 unspecified atom stereocenters. The van der Waals surface area contributed by atoms with E-state index in [1.54, 1.807) is 0 Å². The molecule has 0 spiro atoms. The molecule has 3 fully saturated rings. The molecule has 3 aliphatic heterocycles. The van der Waals surface area contributed by atoms with Gasteiger partial charge < -0.3 is 10.2 Å². The Morgan fingerprint density at radius 1 is 1.40 bits per heavy atom. The minimum Gasteiger partial charge on any atom is -0.348 e. The smallest absolute Gasteiger partial charge is 0.251 e. The van der Waals surface area contributed by atoms with Crippen LogP contribution in [0.3, 0.4) is 0 Å². The molecule has 1 N–H and O–H groups in total. The minimum atomic E-state index is 0.0306. The number of nitrogens with one attached hydrogen (secondary N) is 1. The molecule has 108 valence electrons. The van der Waals surface area contributed by atoms with Crippen molar-refractivity contribution in [1.29, 1.82) is 0 Å². The number of amides is 1. The second-order valence-corrected chi connectivity index (χ2v) is 6.24. The largest absolute Gasteiger partial charge is 0.348 e. The molecule has 3 saturated heterocycles. The Balaban J connectivity index is 1.75. The van der Waals surface area contributed by atoms with Crippen molar-refractivity contribution in [2.24, 2.45) is 5.92 Å². The fourth-order valence-electron chi connectivity index (χ4n) is 3.51.